The van der Waals surface area contributed by atoms with Crippen molar-refractivity contribution in [2.24, 2.45) is 5.92 Å². The molecule has 1 aromatic carbocycles. The fourth-order valence-corrected chi connectivity index (χ4v) is 2.82. The van der Waals surface area contributed by atoms with E-state index in [0.29, 0.717) is 19.1 Å². The number of hydrogen-bond acceptors (Lipinski definition) is 2. The van der Waals surface area contributed by atoms with Gasteiger partial charge in [0.2, 0.25) is 5.91 Å². The highest BCUT2D eigenvalue weighted by atomic mass is 35.5. The quantitative estimate of drug-likeness (QED) is 0.851. The van der Waals surface area contributed by atoms with Crippen LogP contribution in [0.4, 0.5) is 0 Å². The van der Waals surface area contributed by atoms with E-state index in [1.165, 1.54) is 0 Å². The Balaban J connectivity index is 1.80. The summed E-state index contributed by atoms with van der Waals surface area (Å²) in [6, 6.07) is 7.73. The van der Waals surface area contributed by atoms with E-state index in [-0.39, 0.29) is 11.8 Å². The van der Waals surface area contributed by atoms with E-state index < -0.39 is 0 Å². The number of amides is 1. The lowest BCUT2D eigenvalue weighted by Gasteiger charge is -2.30. The lowest BCUT2D eigenvalue weighted by Crippen LogP contribution is -2.43. The van der Waals surface area contributed by atoms with Crippen LogP contribution >= 0.6 is 11.6 Å². The molecule has 1 saturated carbocycles. The molecule has 2 aliphatic rings. The Kier molecular flexibility index (Phi) is 3.76. The average molecular weight is 280 g/mol. The Hall–Kier alpha value is -1.06. The van der Waals surface area contributed by atoms with Crippen LogP contribution in [0.15, 0.2) is 24.3 Å². The van der Waals surface area contributed by atoms with Crippen molar-refractivity contribution in [2.45, 2.75) is 18.8 Å². The van der Waals surface area contributed by atoms with Crippen molar-refractivity contribution in [1.29, 1.82) is 0 Å². The van der Waals surface area contributed by atoms with E-state index in [2.05, 4.69) is 0 Å². The number of ether oxygens (including phenoxy) is 1. The van der Waals surface area contributed by atoms with Crippen LogP contribution in [0.1, 0.15) is 24.3 Å². The lowest BCUT2D eigenvalue weighted by atomic mass is 9.92. The molecule has 19 heavy (non-hydrogen) atoms. The lowest BCUT2D eigenvalue weighted by molar-refractivity contribution is -0.137. The van der Waals surface area contributed by atoms with Crippen molar-refractivity contribution in [1.82, 2.24) is 4.90 Å². The van der Waals surface area contributed by atoms with Gasteiger partial charge in [-0.2, -0.15) is 0 Å². The topological polar surface area (TPSA) is 29.5 Å². The third-order valence-corrected chi connectivity index (χ3v) is 4.16. The minimum atomic E-state index is 0.00960. The Morgan fingerprint density at radius 1 is 1.21 bits per heavy atom. The maximum Gasteiger partial charge on any atom is 0.230 e. The van der Waals surface area contributed by atoms with Crippen molar-refractivity contribution in [2.75, 3.05) is 26.3 Å². The van der Waals surface area contributed by atoms with Crippen LogP contribution < -0.4 is 0 Å². The second-order valence-corrected chi connectivity index (χ2v) is 5.74. The zero-order chi connectivity index (χ0) is 13.2. The molecule has 0 N–H and O–H groups in total. The molecule has 1 aliphatic heterocycles. The van der Waals surface area contributed by atoms with Crippen molar-refractivity contribution >= 4 is 17.5 Å². The molecule has 1 aromatic rings. The number of hydrogen-bond donors (Lipinski definition) is 0. The SMILES string of the molecule is O=C(C(c1ccc(Cl)cc1)C1CC1)N1CCOCC1. The summed E-state index contributed by atoms with van der Waals surface area (Å²) in [6.45, 7) is 2.75. The van der Waals surface area contributed by atoms with Crippen molar-refractivity contribution in [3.05, 3.63) is 34.9 Å². The van der Waals surface area contributed by atoms with Crippen molar-refractivity contribution < 1.29 is 9.53 Å². The molecule has 0 bridgehead atoms. The molecule has 0 spiro atoms. The molecule has 2 fully saturated rings. The minimum Gasteiger partial charge on any atom is -0.378 e. The third-order valence-electron chi connectivity index (χ3n) is 3.91. The molecular formula is C15H18ClNO2. The van der Waals surface area contributed by atoms with Gasteiger partial charge in [-0.3, -0.25) is 4.79 Å². The van der Waals surface area contributed by atoms with Crippen LogP contribution in [0.25, 0.3) is 0 Å². The summed E-state index contributed by atoms with van der Waals surface area (Å²) in [4.78, 5) is 14.6. The maximum absolute atomic E-state index is 12.7. The smallest absolute Gasteiger partial charge is 0.230 e. The van der Waals surface area contributed by atoms with Crippen LogP contribution in [0, 0.1) is 5.92 Å². The molecule has 1 aliphatic carbocycles. The van der Waals surface area contributed by atoms with Gasteiger partial charge in [-0.25, -0.2) is 0 Å². The molecule has 102 valence electrons. The van der Waals surface area contributed by atoms with E-state index in [9.17, 15) is 4.79 Å². The van der Waals surface area contributed by atoms with E-state index in [0.717, 1.165) is 36.5 Å². The van der Waals surface area contributed by atoms with Crippen LogP contribution in [0.5, 0.6) is 0 Å². The number of carbonyl (C=O) groups excluding carboxylic acids is 1. The van der Waals surface area contributed by atoms with Gasteiger partial charge < -0.3 is 9.64 Å². The van der Waals surface area contributed by atoms with Gasteiger partial charge in [0.15, 0.2) is 0 Å². The predicted molar refractivity (Wildman–Crippen MR) is 74.3 cm³/mol. The molecule has 1 atom stereocenters. The summed E-state index contributed by atoms with van der Waals surface area (Å²) in [5, 5.41) is 0.720. The molecule has 3 rings (SSSR count). The molecule has 4 heteroatoms. The summed E-state index contributed by atoms with van der Waals surface area (Å²) in [7, 11) is 0. The van der Waals surface area contributed by atoms with Gasteiger partial charge >= 0.3 is 0 Å². The number of halogens is 1. The summed E-state index contributed by atoms with van der Waals surface area (Å²) < 4.78 is 5.32. The first-order valence-corrected chi connectivity index (χ1v) is 7.25. The highest BCUT2D eigenvalue weighted by molar-refractivity contribution is 6.30. The number of rotatable bonds is 3. The highest BCUT2D eigenvalue weighted by Gasteiger charge is 2.39. The van der Waals surface area contributed by atoms with Crippen LogP contribution in [0.3, 0.4) is 0 Å². The highest BCUT2D eigenvalue weighted by Crippen LogP contribution is 2.43. The Morgan fingerprint density at radius 3 is 2.42 bits per heavy atom. The van der Waals surface area contributed by atoms with Crippen molar-refractivity contribution in [3.8, 4) is 0 Å². The molecule has 1 saturated heterocycles. The molecule has 1 unspecified atom stereocenters. The van der Waals surface area contributed by atoms with E-state index >= 15 is 0 Å². The Bertz CT molecular complexity index is 450. The number of morpholine rings is 1. The predicted octanol–water partition coefficient (Wildman–Crippen LogP) is 2.69. The van der Waals surface area contributed by atoms with Gasteiger partial charge in [0.05, 0.1) is 19.1 Å². The third kappa shape index (κ3) is 2.93. The Labute approximate surface area is 118 Å². The summed E-state index contributed by atoms with van der Waals surface area (Å²) in [6.07, 6.45) is 2.31. The maximum atomic E-state index is 12.7. The Morgan fingerprint density at radius 2 is 1.84 bits per heavy atom. The van der Waals surface area contributed by atoms with Gasteiger partial charge in [-0.05, 0) is 36.5 Å². The number of carbonyl (C=O) groups is 1. The standard InChI is InChI=1S/C15H18ClNO2/c16-13-5-3-12(4-6-13)14(11-1-2-11)15(18)17-7-9-19-10-8-17/h3-6,11,14H,1-2,7-10H2. The first kappa shape index (κ1) is 12.9. The largest absolute Gasteiger partial charge is 0.378 e. The molecule has 1 heterocycles. The average Bonchev–Trinajstić information content (AvgIpc) is 3.27. The van der Waals surface area contributed by atoms with Gasteiger partial charge in [-0.15, -0.1) is 0 Å². The fourth-order valence-electron chi connectivity index (χ4n) is 2.70. The summed E-state index contributed by atoms with van der Waals surface area (Å²) in [5.74, 6) is 0.778. The van der Waals surface area contributed by atoms with Crippen molar-refractivity contribution in [3.63, 3.8) is 0 Å². The van der Waals surface area contributed by atoms with E-state index in [1.807, 2.05) is 29.2 Å². The van der Waals surface area contributed by atoms with Crippen LogP contribution in [-0.2, 0) is 9.53 Å². The number of nitrogens with zero attached hydrogens (tertiary/aromatic N) is 1. The van der Waals surface area contributed by atoms with Gasteiger partial charge in [-0.1, -0.05) is 23.7 Å². The first-order chi connectivity index (χ1) is 9.25. The zero-order valence-corrected chi connectivity index (χ0v) is 11.6. The van der Waals surface area contributed by atoms with Crippen LogP contribution in [-0.4, -0.2) is 37.1 Å². The first-order valence-electron chi connectivity index (χ1n) is 6.88. The summed E-state index contributed by atoms with van der Waals surface area (Å²) >= 11 is 5.93. The van der Waals surface area contributed by atoms with Gasteiger partial charge in [0.25, 0.3) is 0 Å². The van der Waals surface area contributed by atoms with Gasteiger partial charge in [0.1, 0.15) is 0 Å². The molecule has 3 nitrogen and oxygen atoms in total. The monoisotopic (exact) mass is 279 g/mol. The second kappa shape index (κ2) is 5.51. The molecule has 0 aromatic heterocycles. The minimum absolute atomic E-state index is 0.00960. The molecule has 1 amide bonds. The fraction of sp³-hybridized carbons (Fsp3) is 0.533. The van der Waals surface area contributed by atoms with E-state index in [1.54, 1.807) is 0 Å². The summed E-state index contributed by atoms with van der Waals surface area (Å²) in [5.41, 5.74) is 1.10. The zero-order valence-electron chi connectivity index (χ0n) is 10.8. The number of benzene rings is 1. The molecular weight excluding hydrogens is 262 g/mol. The molecule has 0 radical (unpaired) electrons. The van der Waals surface area contributed by atoms with E-state index in [4.69, 9.17) is 16.3 Å². The normalized spacial score (nSPS) is 21.2. The second-order valence-electron chi connectivity index (χ2n) is 5.30. The van der Waals surface area contributed by atoms with Crippen LogP contribution in [0.2, 0.25) is 5.02 Å². The van der Waals surface area contributed by atoms with Gasteiger partial charge in [0, 0.05) is 18.1 Å².